The maximum atomic E-state index is 12.0. The van der Waals surface area contributed by atoms with E-state index in [-0.39, 0.29) is 12.4 Å². The number of esters is 1. The molecule has 1 aromatic rings. The second kappa shape index (κ2) is 6.30. The lowest BCUT2D eigenvalue weighted by atomic mass is 10.1. The zero-order valence-electron chi connectivity index (χ0n) is 10.4. The average Bonchev–Trinajstić information content (AvgIpc) is 2.39. The van der Waals surface area contributed by atoms with Crippen molar-refractivity contribution in [1.29, 1.82) is 0 Å². The second-order valence-corrected chi connectivity index (χ2v) is 5.38. The number of ketones is 1. The number of ether oxygens (including phenoxy) is 2. The first-order valence-corrected chi connectivity index (χ1v) is 7.26. The van der Waals surface area contributed by atoms with E-state index in [1.807, 2.05) is 0 Å². The molecule has 0 saturated carbocycles. The Bertz CT molecular complexity index is 516. The van der Waals surface area contributed by atoms with Gasteiger partial charge in [0, 0.05) is 17.1 Å². The van der Waals surface area contributed by atoms with Gasteiger partial charge in [-0.2, -0.15) is 0 Å². The van der Waals surface area contributed by atoms with Gasteiger partial charge < -0.3 is 9.47 Å². The number of carbonyl (C=O) groups excluding carboxylic acids is 2. The molecule has 2 rings (SSSR count). The molecule has 1 heterocycles. The molecular weight excluding hydrogens is 288 g/mol. The number of Topliss-reactive ketones (excluding diaryl/α,β-unsaturated/α-hetero) is 1. The molecule has 0 fully saturated rings. The Balaban J connectivity index is 2.22. The van der Waals surface area contributed by atoms with E-state index in [0.717, 1.165) is 4.90 Å². The Morgan fingerprint density at radius 3 is 3.00 bits per heavy atom. The number of rotatable bonds is 4. The van der Waals surface area contributed by atoms with E-state index < -0.39 is 5.97 Å². The molecule has 0 aliphatic carbocycles. The summed E-state index contributed by atoms with van der Waals surface area (Å²) in [5.74, 6) is 0.647. The number of carbonyl (C=O) groups is 2. The molecular formula is C13H13ClO4S. The summed E-state index contributed by atoms with van der Waals surface area (Å²) in [7, 11) is 0. The first-order valence-electron chi connectivity index (χ1n) is 5.90. The van der Waals surface area contributed by atoms with Crippen LogP contribution in [0, 0.1) is 0 Å². The third-order valence-electron chi connectivity index (χ3n) is 2.58. The highest BCUT2D eigenvalue weighted by atomic mass is 35.5. The minimum atomic E-state index is -0.456. The van der Waals surface area contributed by atoms with Crippen LogP contribution in [-0.2, 0) is 9.53 Å². The Morgan fingerprint density at radius 2 is 2.26 bits per heavy atom. The summed E-state index contributed by atoms with van der Waals surface area (Å²) < 4.78 is 10.2. The second-order valence-electron chi connectivity index (χ2n) is 3.86. The maximum absolute atomic E-state index is 12.0. The molecule has 0 unspecified atom stereocenters. The van der Waals surface area contributed by atoms with Crippen molar-refractivity contribution in [3.63, 3.8) is 0 Å². The summed E-state index contributed by atoms with van der Waals surface area (Å²) in [5, 5.41) is 0.538. The van der Waals surface area contributed by atoms with Crippen molar-refractivity contribution < 1.29 is 19.1 Å². The monoisotopic (exact) mass is 300 g/mol. The number of hydrogen-bond acceptors (Lipinski definition) is 5. The average molecular weight is 301 g/mol. The number of fused-ring (bicyclic) bond motifs is 1. The fourth-order valence-corrected chi connectivity index (χ4v) is 3.15. The predicted molar refractivity (Wildman–Crippen MR) is 73.3 cm³/mol. The molecule has 1 aliphatic heterocycles. The maximum Gasteiger partial charge on any atom is 0.344 e. The zero-order chi connectivity index (χ0) is 13.8. The first kappa shape index (κ1) is 14.2. The molecule has 0 bridgehead atoms. The van der Waals surface area contributed by atoms with Gasteiger partial charge in [-0.3, -0.25) is 4.79 Å². The molecule has 1 aromatic carbocycles. The van der Waals surface area contributed by atoms with E-state index in [9.17, 15) is 9.59 Å². The molecule has 102 valence electrons. The summed E-state index contributed by atoms with van der Waals surface area (Å²) in [6, 6.07) is 3.29. The fourth-order valence-electron chi connectivity index (χ4n) is 1.77. The molecule has 0 aromatic heterocycles. The fraction of sp³-hybridized carbons (Fsp3) is 0.385. The van der Waals surface area contributed by atoms with Crippen LogP contribution in [0.4, 0.5) is 0 Å². The third kappa shape index (κ3) is 3.22. The summed E-state index contributed by atoms with van der Waals surface area (Å²) in [6.45, 7) is 1.82. The number of halogens is 1. The Labute approximate surface area is 120 Å². The largest absolute Gasteiger partial charge is 0.481 e. The molecule has 0 saturated heterocycles. The van der Waals surface area contributed by atoms with E-state index in [1.165, 1.54) is 11.8 Å². The van der Waals surface area contributed by atoms with E-state index in [2.05, 4.69) is 0 Å². The lowest BCUT2D eigenvalue weighted by molar-refractivity contribution is -0.145. The highest BCUT2D eigenvalue weighted by Crippen LogP contribution is 2.40. The molecule has 1 aliphatic rings. The molecule has 0 spiro atoms. The van der Waals surface area contributed by atoms with Gasteiger partial charge in [0.25, 0.3) is 0 Å². The van der Waals surface area contributed by atoms with Crippen molar-refractivity contribution >= 4 is 35.1 Å². The van der Waals surface area contributed by atoms with Gasteiger partial charge in [-0.15, -0.1) is 11.8 Å². The SMILES string of the molecule is CCOC(=O)COc1ccc(Cl)c2c1C(=O)CCS2. The van der Waals surface area contributed by atoms with Crippen LogP contribution in [0.25, 0.3) is 0 Å². The summed E-state index contributed by atoms with van der Waals surface area (Å²) in [6.07, 6.45) is 0.452. The molecule has 4 nitrogen and oxygen atoms in total. The van der Waals surface area contributed by atoms with Crippen LogP contribution in [0.2, 0.25) is 5.02 Å². The van der Waals surface area contributed by atoms with Gasteiger partial charge in [0.1, 0.15) is 5.75 Å². The molecule has 0 atom stereocenters. The quantitative estimate of drug-likeness (QED) is 0.800. The molecule has 19 heavy (non-hydrogen) atoms. The van der Waals surface area contributed by atoms with E-state index in [1.54, 1.807) is 19.1 Å². The van der Waals surface area contributed by atoms with Crippen LogP contribution < -0.4 is 4.74 Å². The van der Waals surface area contributed by atoms with Gasteiger partial charge >= 0.3 is 5.97 Å². The number of benzene rings is 1. The van der Waals surface area contributed by atoms with Crippen molar-refractivity contribution in [2.24, 2.45) is 0 Å². The van der Waals surface area contributed by atoms with Crippen LogP contribution in [0.3, 0.4) is 0 Å². The standard InChI is InChI=1S/C13H13ClO4S/c1-2-17-11(16)7-18-10-4-3-8(14)13-12(10)9(15)5-6-19-13/h3-4H,2,5-7H2,1H3. The number of thioether (sulfide) groups is 1. The van der Waals surface area contributed by atoms with E-state index in [4.69, 9.17) is 21.1 Å². The topological polar surface area (TPSA) is 52.6 Å². The van der Waals surface area contributed by atoms with Crippen molar-refractivity contribution in [2.45, 2.75) is 18.2 Å². The van der Waals surface area contributed by atoms with Crippen molar-refractivity contribution in [3.8, 4) is 5.75 Å². The van der Waals surface area contributed by atoms with Crippen LogP contribution in [0.15, 0.2) is 17.0 Å². The zero-order valence-corrected chi connectivity index (χ0v) is 12.0. The van der Waals surface area contributed by atoms with Gasteiger partial charge in [0.15, 0.2) is 12.4 Å². The third-order valence-corrected chi connectivity index (χ3v) is 4.12. The molecule has 0 radical (unpaired) electrons. The van der Waals surface area contributed by atoms with Gasteiger partial charge in [-0.25, -0.2) is 4.79 Å². The van der Waals surface area contributed by atoms with Crippen molar-refractivity contribution in [1.82, 2.24) is 0 Å². The lowest BCUT2D eigenvalue weighted by Crippen LogP contribution is -2.17. The van der Waals surface area contributed by atoms with Crippen molar-refractivity contribution in [3.05, 3.63) is 22.7 Å². The number of hydrogen-bond donors (Lipinski definition) is 0. The molecule has 0 N–H and O–H groups in total. The molecule has 6 heteroatoms. The Hall–Kier alpha value is -1.20. The highest BCUT2D eigenvalue weighted by Gasteiger charge is 2.25. The first-order chi connectivity index (χ1) is 9.13. The Kier molecular flexibility index (Phi) is 4.71. The van der Waals surface area contributed by atoms with Gasteiger partial charge in [-0.1, -0.05) is 11.6 Å². The van der Waals surface area contributed by atoms with Crippen LogP contribution in [0.5, 0.6) is 5.75 Å². The minimum absolute atomic E-state index is 0.00453. The summed E-state index contributed by atoms with van der Waals surface area (Å²) in [4.78, 5) is 24.0. The summed E-state index contributed by atoms with van der Waals surface area (Å²) >= 11 is 7.60. The normalized spacial score (nSPS) is 13.9. The molecule has 0 amide bonds. The summed E-state index contributed by atoms with van der Waals surface area (Å²) in [5.41, 5.74) is 0.480. The lowest BCUT2D eigenvalue weighted by Gasteiger charge is -2.19. The highest BCUT2D eigenvalue weighted by molar-refractivity contribution is 7.99. The van der Waals surface area contributed by atoms with Crippen molar-refractivity contribution in [2.75, 3.05) is 19.0 Å². The van der Waals surface area contributed by atoms with Crippen LogP contribution in [0.1, 0.15) is 23.7 Å². The smallest absolute Gasteiger partial charge is 0.344 e. The van der Waals surface area contributed by atoms with Gasteiger partial charge in [0.05, 0.1) is 17.2 Å². The van der Waals surface area contributed by atoms with E-state index >= 15 is 0 Å². The predicted octanol–water partition coefficient (Wildman–Crippen LogP) is 2.96. The minimum Gasteiger partial charge on any atom is -0.481 e. The van der Waals surface area contributed by atoms with Gasteiger partial charge in [0.2, 0.25) is 0 Å². The van der Waals surface area contributed by atoms with Gasteiger partial charge in [-0.05, 0) is 19.1 Å². The Morgan fingerprint density at radius 1 is 1.47 bits per heavy atom. The van der Waals surface area contributed by atoms with Crippen LogP contribution in [-0.4, -0.2) is 30.7 Å². The van der Waals surface area contributed by atoms with Crippen LogP contribution >= 0.6 is 23.4 Å². The van der Waals surface area contributed by atoms with E-state index in [0.29, 0.717) is 35.1 Å².